The lowest BCUT2D eigenvalue weighted by atomic mass is 10.3. The number of hydrogen-bond donors (Lipinski definition) is 2. The molecule has 0 radical (unpaired) electrons. The molecule has 0 saturated carbocycles. The molecule has 0 spiro atoms. The highest BCUT2D eigenvalue weighted by Crippen LogP contribution is 2.31. The van der Waals surface area contributed by atoms with Gasteiger partial charge in [0.05, 0.1) is 11.4 Å². The van der Waals surface area contributed by atoms with E-state index in [0.717, 1.165) is 21.6 Å². The molecule has 2 N–H and O–H groups in total. The molecular weight excluding hydrogens is 404 g/mol. The molecule has 0 saturated heterocycles. The normalized spacial score (nSPS) is 10.7. The van der Waals surface area contributed by atoms with Gasteiger partial charge in [0.1, 0.15) is 9.71 Å². The van der Waals surface area contributed by atoms with Crippen molar-refractivity contribution < 1.29 is 19.1 Å². The number of urea groups is 1. The number of nitrogens with one attached hydrogen (secondary N) is 2. The van der Waals surface area contributed by atoms with Crippen molar-refractivity contribution in [3.05, 3.63) is 45.9 Å². The van der Waals surface area contributed by atoms with Crippen LogP contribution in [0.15, 0.2) is 30.3 Å². The number of carbonyl (C=O) groups excluding carboxylic acids is 3. The molecule has 0 aliphatic heterocycles. The second-order valence-electron chi connectivity index (χ2n) is 5.79. The quantitative estimate of drug-likeness (QED) is 0.617. The van der Waals surface area contributed by atoms with Crippen LogP contribution in [-0.4, -0.2) is 40.8 Å². The second-order valence-corrected chi connectivity index (χ2v) is 7.25. The van der Waals surface area contributed by atoms with Crippen LogP contribution in [0, 0.1) is 6.92 Å². The van der Waals surface area contributed by atoms with Gasteiger partial charge in [0, 0.05) is 17.0 Å². The zero-order valence-corrected chi connectivity index (χ0v) is 16.7. The molecule has 28 heavy (non-hydrogen) atoms. The van der Waals surface area contributed by atoms with Gasteiger partial charge in [-0.05, 0) is 44.2 Å². The summed E-state index contributed by atoms with van der Waals surface area (Å²) in [7, 11) is 0. The number of hydrogen-bond acceptors (Lipinski definition) is 6. The zero-order chi connectivity index (χ0) is 20.3. The van der Waals surface area contributed by atoms with E-state index in [0.29, 0.717) is 16.4 Å². The Morgan fingerprint density at radius 3 is 2.64 bits per heavy atom. The molecule has 0 aliphatic rings. The molecule has 2 aromatic heterocycles. The highest BCUT2D eigenvalue weighted by Gasteiger charge is 2.19. The predicted octanol–water partition coefficient (Wildman–Crippen LogP) is 3.05. The van der Waals surface area contributed by atoms with Crippen LogP contribution < -0.4 is 10.6 Å². The van der Waals surface area contributed by atoms with Gasteiger partial charge in [0.2, 0.25) is 0 Å². The van der Waals surface area contributed by atoms with Crippen molar-refractivity contribution >= 4 is 51.1 Å². The fraction of sp³-hybridized carbons (Fsp3) is 0.222. The molecule has 0 aliphatic carbocycles. The Labute approximate surface area is 169 Å². The third-order valence-electron chi connectivity index (χ3n) is 3.74. The lowest BCUT2D eigenvalue weighted by molar-refractivity contribution is -0.123. The van der Waals surface area contributed by atoms with Crippen LogP contribution in [0.3, 0.4) is 0 Å². The Morgan fingerprint density at radius 1 is 1.25 bits per heavy atom. The van der Waals surface area contributed by atoms with Crippen LogP contribution in [0.1, 0.15) is 22.3 Å². The third-order valence-corrected chi connectivity index (χ3v) is 5.08. The number of halogens is 1. The standard InChI is InChI=1S/C18H17ClN4O4S/c1-3-20-18(26)21-15(24)9-27-17(25)14-8-13-10(2)22-23(16(13)28-14)12-6-4-11(19)5-7-12/h4-8H,3,9H2,1-2H3,(H2,20,21,24,26). The average Bonchev–Trinajstić information content (AvgIpc) is 3.21. The molecule has 8 nitrogen and oxygen atoms in total. The molecule has 0 atom stereocenters. The molecule has 0 unspecified atom stereocenters. The molecule has 3 aromatic rings. The minimum atomic E-state index is -0.705. The Hall–Kier alpha value is -2.91. The molecule has 1 aromatic carbocycles. The molecule has 10 heteroatoms. The molecule has 146 valence electrons. The number of benzene rings is 1. The van der Waals surface area contributed by atoms with Crippen LogP contribution in [0.5, 0.6) is 0 Å². The van der Waals surface area contributed by atoms with Gasteiger partial charge in [-0.3, -0.25) is 10.1 Å². The molecule has 3 rings (SSSR count). The van der Waals surface area contributed by atoms with E-state index in [9.17, 15) is 14.4 Å². The summed E-state index contributed by atoms with van der Waals surface area (Å²) in [6.07, 6.45) is 0. The number of fused-ring (bicyclic) bond motifs is 1. The number of aromatic nitrogens is 2. The summed E-state index contributed by atoms with van der Waals surface area (Å²) in [4.78, 5) is 36.3. The van der Waals surface area contributed by atoms with Crippen molar-refractivity contribution in [3.8, 4) is 5.69 Å². The average molecular weight is 421 g/mol. The number of amides is 3. The Bertz CT molecular complexity index is 1040. The van der Waals surface area contributed by atoms with Crippen molar-refractivity contribution in [1.82, 2.24) is 20.4 Å². The van der Waals surface area contributed by atoms with Crippen molar-refractivity contribution in [2.24, 2.45) is 0 Å². The minimum Gasteiger partial charge on any atom is -0.451 e. The van der Waals surface area contributed by atoms with E-state index in [1.807, 2.05) is 19.1 Å². The monoisotopic (exact) mass is 420 g/mol. The van der Waals surface area contributed by atoms with Crippen LogP contribution in [-0.2, 0) is 9.53 Å². The van der Waals surface area contributed by atoms with E-state index in [1.54, 1.807) is 29.8 Å². The van der Waals surface area contributed by atoms with Crippen molar-refractivity contribution in [3.63, 3.8) is 0 Å². The summed E-state index contributed by atoms with van der Waals surface area (Å²) in [6, 6.07) is 8.23. The predicted molar refractivity (Wildman–Crippen MR) is 106 cm³/mol. The van der Waals surface area contributed by atoms with Gasteiger partial charge < -0.3 is 10.1 Å². The van der Waals surface area contributed by atoms with Gasteiger partial charge in [0.15, 0.2) is 6.61 Å². The van der Waals surface area contributed by atoms with Crippen LogP contribution in [0.4, 0.5) is 4.79 Å². The lowest BCUT2D eigenvalue weighted by Crippen LogP contribution is -2.41. The first kappa shape index (κ1) is 19.8. The summed E-state index contributed by atoms with van der Waals surface area (Å²) in [6.45, 7) is 3.40. The van der Waals surface area contributed by atoms with Crippen LogP contribution in [0.25, 0.3) is 15.9 Å². The summed E-state index contributed by atoms with van der Waals surface area (Å²) < 4.78 is 6.73. The number of nitrogens with zero attached hydrogens (tertiary/aromatic N) is 2. The van der Waals surface area contributed by atoms with Crippen LogP contribution >= 0.6 is 22.9 Å². The number of rotatable bonds is 5. The smallest absolute Gasteiger partial charge is 0.348 e. The topological polar surface area (TPSA) is 102 Å². The van der Waals surface area contributed by atoms with Gasteiger partial charge in [-0.2, -0.15) is 5.10 Å². The molecular formula is C18H17ClN4O4S. The second kappa shape index (κ2) is 8.41. The maximum Gasteiger partial charge on any atom is 0.348 e. The Morgan fingerprint density at radius 2 is 1.96 bits per heavy atom. The van der Waals surface area contributed by atoms with Gasteiger partial charge in [-0.15, -0.1) is 11.3 Å². The maximum absolute atomic E-state index is 12.3. The lowest BCUT2D eigenvalue weighted by Gasteiger charge is -2.05. The van der Waals surface area contributed by atoms with E-state index >= 15 is 0 Å². The summed E-state index contributed by atoms with van der Waals surface area (Å²) in [5.41, 5.74) is 1.57. The fourth-order valence-electron chi connectivity index (χ4n) is 2.47. The summed E-state index contributed by atoms with van der Waals surface area (Å²) in [5, 5.41) is 10.4. The molecule has 0 bridgehead atoms. The summed E-state index contributed by atoms with van der Waals surface area (Å²) >= 11 is 7.14. The number of carbonyl (C=O) groups is 3. The third kappa shape index (κ3) is 4.32. The first-order chi connectivity index (χ1) is 13.4. The summed E-state index contributed by atoms with van der Waals surface area (Å²) in [5.74, 6) is -1.35. The fourth-order valence-corrected chi connectivity index (χ4v) is 3.68. The van der Waals surface area contributed by atoms with E-state index in [4.69, 9.17) is 16.3 Å². The van der Waals surface area contributed by atoms with E-state index < -0.39 is 24.5 Å². The Kier molecular flexibility index (Phi) is 5.96. The Balaban J connectivity index is 1.74. The first-order valence-corrected chi connectivity index (χ1v) is 9.58. The molecule has 3 amide bonds. The van der Waals surface area contributed by atoms with Crippen molar-refractivity contribution in [2.45, 2.75) is 13.8 Å². The zero-order valence-electron chi connectivity index (χ0n) is 15.1. The van der Waals surface area contributed by atoms with Gasteiger partial charge in [0.25, 0.3) is 5.91 Å². The minimum absolute atomic E-state index is 0.337. The number of thiophene rings is 1. The van der Waals surface area contributed by atoms with Gasteiger partial charge in [-0.1, -0.05) is 11.6 Å². The van der Waals surface area contributed by atoms with Crippen molar-refractivity contribution in [2.75, 3.05) is 13.2 Å². The SMILES string of the molecule is CCNC(=O)NC(=O)COC(=O)c1cc2c(C)nn(-c3ccc(Cl)cc3)c2s1. The highest BCUT2D eigenvalue weighted by atomic mass is 35.5. The van der Waals surface area contributed by atoms with Gasteiger partial charge in [-0.25, -0.2) is 14.3 Å². The highest BCUT2D eigenvalue weighted by molar-refractivity contribution is 7.20. The molecule has 0 fully saturated rings. The van der Waals surface area contributed by atoms with Gasteiger partial charge >= 0.3 is 12.0 Å². The first-order valence-electron chi connectivity index (χ1n) is 8.39. The number of ether oxygens (including phenoxy) is 1. The van der Waals surface area contributed by atoms with Crippen LogP contribution in [0.2, 0.25) is 5.02 Å². The number of esters is 1. The van der Waals surface area contributed by atoms with E-state index in [2.05, 4.69) is 15.7 Å². The van der Waals surface area contributed by atoms with Crippen molar-refractivity contribution in [1.29, 1.82) is 0 Å². The largest absolute Gasteiger partial charge is 0.451 e. The molecule has 2 heterocycles. The van der Waals surface area contributed by atoms with E-state index in [-0.39, 0.29) is 0 Å². The number of aryl methyl sites for hydroxylation is 1. The van der Waals surface area contributed by atoms with E-state index in [1.165, 1.54) is 11.3 Å². The maximum atomic E-state index is 12.3. The number of imide groups is 1.